The SMILES string of the molecule is Cc1ccc(N)cc1NC1CCOC1C. The van der Waals surface area contributed by atoms with E-state index in [9.17, 15) is 0 Å². The molecule has 0 radical (unpaired) electrons. The third-order valence-corrected chi connectivity index (χ3v) is 2.98. The highest BCUT2D eigenvalue weighted by atomic mass is 16.5. The Morgan fingerprint density at radius 1 is 1.47 bits per heavy atom. The number of nitrogens with two attached hydrogens (primary N) is 1. The number of nitrogens with one attached hydrogen (secondary N) is 1. The van der Waals surface area contributed by atoms with Gasteiger partial charge in [0.05, 0.1) is 12.1 Å². The average molecular weight is 206 g/mol. The van der Waals surface area contributed by atoms with Crippen molar-refractivity contribution in [1.29, 1.82) is 0 Å². The van der Waals surface area contributed by atoms with Crippen LogP contribution in [0.15, 0.2) is 18.2 Å². The molecular formula is C12H18N2O. The van der Waals surface area contributed by atoms with Crippen LogP contribution in [0.4, 0.5) is 11.4 Å². The minimum atomic E-state index is 0.283. The monoisotopic (exact) mass is 206 g/mol. The van der Waals surface area contributed by atoms with Crippen molar-refractivity contribution >= 4 is 11.4 Å². The zero-order valence-electron chi connectivity index (χ0n) is 9.29. The quantitative estimate of drug-likeness (QED) is 0.729. The standard InChI is InChI=1S/C12H18N2O/c1-8-3-4-10(13)7-12(8)14-11-5-6-15-9(11)2/h3-4,7,9,11,14H,5-6,13H2,1-2H3. The van der Waals surface area contributed by atoms with E-state index in [4.69, 9.17) is 10.5 Å². The van der Waals surface area contributed by atoms with Gasteiger partial charge in [0.1, 0.15) is 0 Å². The number of anilines is 2. The van der Waals surface area contributed by atoms with Gasteiger partial charge in [-0.2, -0.15) is 0 Å². The number of benzene rings is 1. The third kappa shape index (κ3) is 2.23. The molecule has 3 heteroatoms. The summed E-state index contributed by atoms with van der Waals surface area (Å²) in [6, 6.07) is 6.36. The second-order valence-corrected chi connectivity index (χ2v) is 4.19. The number of nitrogen functional groups attached to an aromatic ring is 1. The first-order chi connectivity index (χ1) is 7.16. The van der Waals surface area contributed by atoms with E-state index in [0.29, 0.717) is 6.04 Å². The van der Waals surface area contributed by atoms with Gasteiger partial charge >= 0.3 is 0 Å². The van der Waals surface area contributed by atoms with E-state index in [2.05, 4.69) is 19.2 Å². The van der Waals surface area contributed by atoms with Crippen LogP contribution in [-0.2, 0) is 4.74 Å². The van der Waals surface area contributed by atoms with Crippen LogP contribution in [0.25, 0.3) is 0 Å². The molecule has 82 valence electrons. The molecule has 1 saturated heterocycles. The fourth-order valence-corrected chi connectivity index (χ4v) is 1.92. The summed E-state index contributed by atoms with van der Waals surface area (Å²) in [5.41, 5.74) is 8.91. The average Bonchev–Trinajstić information content (AvgIpc) is 2.58. The molecule has 1 aromatic rings. The lowest BCUT2D eigenvalue weighted by Crippen LogP contribution is -2.27. The molecule has 1 aliphatic rings. The Balaban J connectivity index is 2.12. The van der Waals surface area contributed by atoms with Crippen molar-refractivity contribution in [2.24, 2.45) is 0 Å². The maximum absolute atomic E-state index is 5.77. The molecule has 1 fully saturated rings. The normalized spacial score (nSPS) is 25.5. The van der Waals surface area contributed by atoms with Crippen LogP contribution >= 0.6 is 0 Å². The van der Waals surface area contributed by atoms with Crippen molar-refractivity contribution in [2.45, 2.75) is 32.4 Å². The highest BCUT2D eigenvalue weighted by molar-refractivity contribution is 5.59. The Morgan fingerprint density at radius 2 is 2.27 bits per heavy atom. The maximum atomic E-state index is 5.77. The van der Waals surface area contributed by atoms with Gasteiger partial charge in [0, 0.05) is 18.0 Å². The summed E-state index contributed by atoms with van der Waals surface area (Å²) in [6.45, 7) is 5.04. The fraction of sp³-hybridized carbons (Fsp3) is 0.500. The lowest BCUT2D eigenvalue weighted by molar-refractivity contribution is 0.121. The van der Waals surface area contributed by atoms with Gasteiger partial charge in [-0.05, 0) is 38.0 Å². The first-order valence-electron chi connectivity index (χ1n) is 5.41. The molecule has 2 rings (SSSR count). The van der Waals surface area contributed by atoms with Gasteiger partial charge in [-0.15, -0.1) is 0 Å². The third-order valence-electron chi connectivity index (χ3n) is 2.98. The summed E-state index contributed by atoms with van der Waals surface area (Å²) in [6.07, 6.45) is 1.35. The highest BCUT2D eigenvalue weighted by Gasteiger charge is 2.24. The van der Waals surface area contributed by atoms with Crippen LogP contribution in [0.2, 0.25) is 0 Å². The van der Waals surface area contributed by atoms with E-state index in [1.54, 1.807) is 0 Å². The number of aryl methyl sites for hydroxylation is 1. The minimum absolute atomic E-state index is 0.283. The summed E-state index contributed by atoms with van der Waals surface area (Å²) >= 11 is 0. The van der Waals surface area contributed by atoms with E-state index in [1.165, 1.54) is 5.56 Å². The van der Waals surface area contributed by atoms with Crippen molar-refractivity contribution in [3.05, 3.63) is 23.8 Å². The highest BCUT2D eigenvalue weighted by Crippen LogP contribution is 2.23. The molecule has 0 saturated carbocycles. The zero-order valence-corrected chi connectivity index (χ0v) is 9.29. The van der Waals surface area contributed by atoms with Crippen LogP contribution in [0.5, 0.6) is 0 Å². The van der Waals surface area contributed by atoms with Gasteiger partial charge in [-0.25, -0.2) is 0 Å². The molecule has 0 amide bonds. The number of hydrogen-bond acceptors (Lipinski definition) is 3. The fourth-order valence-electron chi connectivity index (χ4n) is 1.92. The van der Waals surface area contributed by atoms with Crippen LogP contribution < -0.4 is 11.1 Å². The van der Waals surface area contributed by atoms with Crippen LogP contribution in [0.1, 0.15) is 18.9 Å². The molecule has 2 atom stereocenters. The molecule has 1 heterocycles. The first kappa shape index (κ1) is 10.3. The first-order valence-corrected chi connectivity index (χ1v) is 5.41. The van der Waals surface area contributed by atoms with Crippen molar-refractivity contribution in [1.82, 2.24) is 0 Å². The topological polar surface area (TPSA) is 47.3 Å². The molecule has 0 aromatic heterocycles. The molecular weight excluding hydrogens is 188 g/mol. The molecule has 1 aliphatic heterocycles. The summed E-state index contributed by atoms with van der Waals surface area (Å²) in [7, 11) is 0. The predicted molar refractivity (Wildman–Crippen MR) is 63.0 cm³/mol. The molecule has 0 spiro atoms. The second kappa shape index (κ2) is 4.11. The Kier molecular flexibility index (Phi) is 2.82. The zero-order chi connectivity index (χ0) is 10.8. The van der Waals surface area contributed by atoms with Crippen molar-refractivity contribution in [2.75, 3.05) is 17.7 Å². The van der Waals surface area contributed by atoms with Gasteiger partial charge in [0.15, 0.2) is 0 Å². The van der Waals surface area contributed by atoms with Gasteiger partial charge in [-0.1, -0.05) is 6.07 Å². The lowest BCUT2D eigenvalue weighted by Gasteiger charge is -2.19. The summed E-state index contributed by atoms with van der Waals surface area (Å²) in [5, 5.41) is 3.49. The Hall–Kier alpha value is -1.22. The van der Waals surface area contributed by atoms with Crippen molar-refractivity contribution in [3.63, 3.8) is 0 Å². The lowest BCUT2D eigenvalue weighted by atomic mass is 10.1. The second-order valence-electron chi connectivity index (χ2n) is 4.19. The van der Waals surface area contributed by atoms with E-state index < -0.39 is 0 Å². The molecule has 15 heavy (non-hydrogen) atoms. The van der Waals surface area contributed by atoms with E-state index in [-0.39, 0.29) is 6.10 Å². The minimum Gasteiger partial charge on any atom is -0.399 e. The smallest absolute Gasteiger partial charge is 0.0748 e. The number of ether oxygens (including phenoxy) is 1. The largest absolute Gasteiger partial charge is 0.399 e. The van der Waals surface area contributed by atoms with E-state index >= 15 is 0 Å². The van der Waals surface area contributed by atoms with E-state index in [0.717, 1.165) is 24.4 Å². The summed E-state index contributed by atoms with van der Waals surface area (Å²) in [4.78, 5) is 0. The predicted octanol–water partition coefficient (Wildman–Crippen LogP) is 2.17. The molecule has 0 bridgehead atoms. The molecule has 3 N–H and O–H groups in total. The molecule has 3 nitrogen and oxygen atoms in total. The van der Waals surface area contributed by atoms with Gasteiger partial charge in [0.2, 0.25) is 0 Å². The van der Waals surface area contributed by atoms with E-state index in [1.807, 2.05) is 18.2 Å². The van der Waals surface area contributed by atoms with Gasteiger partial charge in [-0.3, -0.25) is 0 Å². The number of hydrogen-bond donors (Lipinski definition) is 2. The van der Waals surface area contributed by atoms with Gasteiger partial charge in [0.25, 0.3) is 0 Å². The molecule has 0 aliphatic carbocycles. The van der Waals surface area contributed by atoms with Crippen LogP contribution in [0.3, 0.4) is 0 Å². The summed E-state index contributed by atoms with van der Waals surface area (Å²) in [5.74, 6) is 0. The Bertz CT molecular complexity index is 351. The van der Waals surface area contributed by atoms with Crippen LogP contribution in [-0.4, -0.2) is 18.8 Å². The number of rotatable bonds is 2. The van der Waals surface area contributed by atoms with Crippen LogP contribution in [0, 0.1) is 6.92 Å². The Morgan fingerprint density at radius 3 is 2.93 bits per heavy atom. The van der Waals surface area contributed by atoms with Crippen molar-refractivity contribution in [3.8, 4) is 0 Å². The summed E-state index contributed by atoms with van der Waals surface area (Å²) < 4.78 is 5.51. The molecule has 1 aromatic carbocycles. The Labute approximate surface area is 90.6 Å². The molecule has 2 unspecified atom stereocenters. The van der Waals surface area contributed by atoms with Gasteiger partial charge < -0.3 is 15.8 Å². The maximum Gasteiger partial charge on any atom is 0.0748 e. The van der Waals surface area contributed by atoms with Crippen molar-refractivity contribution < 1.29 is 4.74 Å².